The lowest BCUT2D eigenvalue weighted by Crippen LogP contribution is -2.35. The molecule has 30 heavy (non-hydrogen) atoms. The summed E-state index contributed by atoms with van der Waals surface area (Å²) in [7, 11) is -3.49. The van der Waals surface area contributed by atoms with E-state index in [1.807, 2.05) is 24.3 Å². The molecule has 4 nitrogen and oxygen atoms in total. The first-order chi connectivity index (χ1) is 14.1. The molecule has 2 aromatic rings. The maximum Gasteiger partial charge on any atom is 0.243 e. The zero-order valence-electron chi connectivity index (χ0n) is 17.9. The van der Waals surface area contributed by atoms with E-state index in [0.717, 1.165) is 37.1 Å². The molecule has 1 fully saturated rings. The molecule has 164 valence electrons. The van der Waals surface area contributed by atoms with Gasteiger partial charge in [-0.3, -0.25) is 4.90 Å². The minimum absolute atomic E-state index is 0.0377. The summed E-state index contributed by atoms with van der Waals surface area (Å²) in [5.41, 5.74) is 2.28. The molecule has 1 aliphatic rings. The molecule has 0 bridgehead atoms. The molecule has 0 atom stereocenters. The summed E-state index contributed by atoms with van der Waals surface area (Å²) >= 11 is 12.1. The summed E-state index contributed by atoms with van der Waals surface area (Å²) in [6, 6.07) is 13.0. The summed E-state index contributed by atoms with van der Waals surface area (Å²) in [6.45, 7) is 9.75. The Hall–Kier alpha value is -1.11. The Bertz CT molecular complexity index is 975. The van der Waals surface area contributed by atoms with Gasteiger partial charge in [-0.2, -0.15) is 4.31 Å². The molecule has 0 aromatic heterocycles. The van der Waals surface area contributed by atoms with Crippen molar-refractivity contribution in [2.24, 2.45) is 0 Å². The smallest absolute Gasteiger partial charge is 0.243 e. The molecule has 1 heterocycles. The molecule has 0 spiro atoms. The molecule has 0 N–H and O–H groups in total. The Labute approximate surface area is 190 Å². The molecule has 2 aromatic carbocycles. The van der Waals surface area contributed by atoms with Gasteiger partial charge in [-0.05, 0) is 60.2 Å². The first kappa shape index (κ1) is 23.6. The summed E-state index contributed by atoms with van der Waals surface area (Å²) in [5.74, 6) is 0. The SMILES string of the molecule is CCC(C)(C)c1ccc(S(=O)(=O)N2CCCN(Cc3ccc(Cl)c(Cl)c3)CC2)cc1. The lowest BCUT2D eigenvalue weighted by molar-refractivity contribution is 0.278. The van der Waals surface area contributed by atoms with Crippen LogP contribution < -0.4 is 0 Å². The van der Waals surface area contributed by atoms with Crippen molar-refractivity contribution in [3.05, 3.63) is 63.6 Å². The van der Waals surface area contributed by atoms with Gasteiger partial charge in [-0.25, -0.2) is 8.42 Å². The van der Waals surface area contributed by atoms with E-state index in [0.29, 0.717) is 34.6 Å². The van der Waals surface area contributed by atoms with Crippen molar-refractivity contribution < 1.29 is 8.42 Å². The number of sulfonamides is 1. The highest BCUT2D eigenvalue weighted by Gasteiger charge is 2.27. The second-order valence-corrected chi connectivity index (χ2v) is 11.3. The standard InChI is InChI=1S/C23H30Cl2N2O2S/c1-4-23(2,3)19-7-9-20(10-8-19)30(28,29)27-13-5-12-26(14-15-27)17-18-6-11-21(24)22(25)16-18/h6-11,16H,4-5,12-15,17H2,1-3H3. The second-order valence-electron chi connectivity index (χ2n) is 8.54. The minimum atomic E-state index is -3.49. The maximum atomic E-state index is 13.2. The lowest BCUT2D eigenvalue weighted by Gasteiger charge is -2.24. The van der Waals surface area contributed by atoms with Gasteiger partial charge >= 0.3 is 0 Å². The fourth-order valence-corrected chi connectivity index (χ4v) is 5.46. The van der Waals surface area contributed by atoms with Crippen LogP contribution in [0.5, 0.6) is 0 Å². The molecule has 0 aliphatic carbocycles. The quantitative estimate of drug-likeness (QED) is 0.555. The third-order valence-corrected chi connectivity index (χ3v) is 8.75. The molecule has 0 unspecified atom stereocenters. The van der Waals surface area contributed by atoms with Crippen LogP contribution in [0.15, 0.2) is 47.4 Å². The van der Waals surface area contributed by atoms with Gasteiger partial charge in [0.05, 0.1) is 14.9 Å². The highest BCUT2D eigenvalue weighted by atomic mass is 35.5. The second kappa shape index (κ2) is 9.58. The van der Waals surface area contributed by atoms with Crippen molar-refractivity contribution in [3.8, 4) is 0 Å². The molecule has 0 radical (unpaired) electrons. The molecule has 3 rings (SSSR count). The van der Waals surface area contributed by atoms with Crippen molar-refractivity contribution >= 4 is 33.2 Å². The van der Waals surface area contributed by atoms with Crippen LogP contribution in [-0.4, -0.2) is 43.8 Å². The fourth-order valence-electron chi connectivity index (χ4n) is 3.67. The van der Waals surface area contributed by atoms with E-state index in [9.17, 15) is 8.42 Å². The summed E-state index contributed by atoms with van der Waals surface area (Å²) in [6.07, 6.45) is 1.79. The van der Waals surface area contributed by atoms with Crippen LogP contribution in [-0.2, 0) is 22.0 Å². The Morgan fingerprint density at radius 2 is 1.63 bits per heavy atom. The zero-order chi connectivity index (χ0) is 21.9. The van der Waals surface area contributed by atoms with E-state index < -0.39 is 10.0 Å². The van der Waals surface area contributed by atoms with E-state index in [4.69, 9.17) is 23.2 Å². The summed E-state index contributed by atoms with van der Waals surface area (Å²) in [5, 5.41) is 1.09. The van der Waals surface area contributed by atoms with Gasteiger partial charge in [-0.1, -0.05) is 62.2 Å². The third-order valence-electron chi connectivity index (χ3n) is 6.10. The van der Waals surface area contributed by atoms with Gasteiger partial charge < -0.3 is 0 Å². The molecular weight excluding hydrogens is 439 g/mol. The van der Waals surface area contributed by atoms with Gasteiger partial charge in [-0.15, -0.1) is 0 Å². The van der Waals surface area contributed by atoms with Crippen LogP contribution in [0.3, 0.4) is 0 Å². The van der Waals surface area contributed by atoms with Crippen LogP contribution in [0.2, 0.25) is 10.0 Å². The molecule has 0 saturated carbocycles. The minimum Gasteiger partial charge on any atom is -0.298 e. The first-order valence-electron chi connectivity index (χ1n) is 10.4. The van der Waals surface area contributed by atoms with Gasteiger partial charge in [0.25, 0.3) is 0 Å². The third kappa shape index (κ3) is 5.38. The maximum absolute atomic E-state index is 13.2. The number of hydrogen-bond donors (Lipinski definition) is 0. The highest BCUT2D eigenvalue weighted by molar-refractivity contribution is 7.89. The number of rotatable bonds is 6. The van der Waals surface area contributed by atoms with Crippen molar-refractivity contribution in [1.82, 2.24) is 9.21 Å². The summed E-state index contributed by atoms with van der Waals surface area (Å²) < 4.78 is 28.0. The zero-order valence-corrected chi connectivity index (χ0v) is 20.2. The average molecular weight is 469 g/mol. The van der Waals surface area contributed by atoms with Crippen LogP contribution in [0.4, 0.5) is 0 Å². The number of halogens is 2. The van der Waals surface area contributed by atoms with Crippen molar-refractivity contribution in [1.29, 1.82) is 0 Å². The molecule has 1 saturated heterocycles. The Balaban J connectivity index is 1.68. The van der Waals surface area contributed by atoms with E-state index in [1.165, 1.54) is 0 Å². The summed E-state index contributed by atoms with van der Waals surface area (Å²) in [4.78, 5) is 2.64. The number of benzene rings is 2. The van der Waals surface area contributed by atoms with Crippen molar-refractivity contribution in [3.63, 3.8) is 0 Å². The predicted octanol–water partition coefficient (Wildman–Crippen LogP) is 5.58. The van der Waals surface area contributed by atoms with Crippen molar-refractivity contribution in [2.45, 2.75) is 50.5 Å². The van der Waals surface area contributed by atoms with Gasteiger partial charge in [0.2, 0.25) is 10.0 Å². The number of hydrogen-bond acceptors (Lipinski definition) is 3. The van der Waals surface area contributed by atoms with E-state index in [-0.39, 0.29) is 5.41 Å². The van der Waals surface area contributed by atoms with E-state index in [1.54, 1.807) is 22.5 Å². The van der Waals surface area contributed by atoms with Gasteiger partial charge in [0.1, 0.15) is 0 Å². The van der Waals surface area contributed by atoms with E-state index in [2.05, 4.69) is 25.7 Å². The first-order valence-corrected chi connectivity index (χ1v) is 12.6. The normalized spacial score (nSPS) is 17.1. The monoisotopic (exact) mass is 468 g/mol. The molecule has 0 amide bonds. The fraction of sp³-hybridized carbons (Fsp3) is 0.478. The Kier molecular flexibility index (Phi) is 7.52. The van der Waals surface area contributed by atoms with Gasteiger partial charge in [0, 0.05) is 26.2 Å². The largest absolute Gasteiger partial charge is 0.298 e. The average Bonchev–Trinajstić information content (AvgIpc) is 2.97. The lowest BCUT2D eigenvalue weighted by atomic mass is 9.82. The van der Waals surface area contributed by atoms with Crippen molar-refractivity contribution in [2.75, 3.05) is 26.2 Å². The van der Waals surface area contributed by atoms with Crippen LogP contribution >= 0.6 is 23.2 Å². The molecule has 7 heteroatoms. The van der Waals surface area contributed by atoms with Crippen LogP contribution in [0.1, 0.15) is 44.7 Å². The predicted molar refractivity (Wildman–Crippen MR) is 125 cm³/mol. The number of nitrogens with zero attached hydrogens (tertiary/aromatic N) is 2. The topological polar surface area (TPSA) is 40.6 Å². The van der Waals surface area contributed by atoms with Crippen LogP contribution in [0, 0.1) is 0 Å². The van der Waals surface area contributed by atoms with E-state index >= 15 is 0 Å². The Morgan fingerprint density at radius 3 is 2.27 bits per heavy atom. The highest BCUT2D eigenvalue weighted by Crippen LogP contribution is 2.28. The van der Waals surface area contributed by atoms with Gasteiger partial charge in [0.15, 0.2) is 0 Å². The molecular formula is C23H30Cl2N2O2S. The Morgan fingerprint density at radius 1 is 0.933 bits per heavy atom. The van der Waals surface area contributed by atoms with Crippen LogP contribution in [0.25, 0.3) is 0 Å². The molecule has 1 aliphatic heterocycles.